The van der Waals surface area contributed by atoms with Crippen molar-refractivity contribution in [3.8, 4) is 0 Å². The quantitative estimate of drug-likeness (QED) is 0.693. The van der Waals surface area contributed by atoms with Crippen LogP contribution in [-0.2, 0) is 29.7 Å². The van der Waals surface area contributed by atoms with E-state index in [1.807, 2.05) is 79.0 Å². The van der Waals surface area contributed by atoms with E-state index in [4.69, 9.17) is 0 Å². The van der Waals surface area contributed by atoms with Gasteiger partial charge in [0.05, 0.1) is 13.1 Å². The van der Waals surface area contributed by atoms with Crippen LogP contribution in [0.15, 0.2) is 48.7 Å². The molecule has 0 N–H and O–H groups in total. The highest BCUT2D eigenvalue weighted by molar-refractivity contribution is 5.84. The third-order valence-corrected chi connectivity index (χ3v) is 4.45. The minimum atomic E-state index is -0.0229. The first-order chi connectivity index (χ1) is 12.5. The van der Waals surface area contributed by atoms with Crippen LogP contribution in [0.25, 0.3) is 0 Å². The Balaban J connectivity index is 2.16. The minimum Gasteiger partial charge on any atom is -0.353 e. The van der Waals surface area contributed by atoms with Crippen LogP contribution in [0.5, 0.6) is 0 Å². The van der Waals surface area contributed by atoms with E-state index < -0.39 is 0 Å². The molecule has 0 aliphatic rings. The second-order valence-corrected chi connectivity index (χ2v) is 6.51. The zero-order valence-electron chi connectivity index (χ0n) is 16.0. The first-order valence-corrected chi connectivity index (χ1v) is 9.24. The number of rotatable bonds is 9. The molecule has 0 aliphatic heterocycles. The SMILES string of the molecule is CCCN(CC(=O)N(Cc1ccccc1)Cc1cccn1C)C(=O)CC. The van der Waals surface area contributed by atoms with E-state index in [0.717, 1.165) is 17.7 Å². The molecule has 2 rings (SSSR count). The van der Waals surface area contributed by atoms with Crippen molar-refractivity contribution in [2.75, 3.05) is 13.1 Å². The van der Waals surface area contributed by atoms with Crippen LogP contribution in [-0.4, -0.2) is 39.3 Å². The number of benzene rings is 1. The Morgan fingerprint density at radius 1 is 0.923 bits per heavy atom. The normalized spacial score (nSPS) is 10.6. The Hall–Kier alpha value is -2.56. The summed E-state index contributed by atoms with van der Waals surface area (Å²) in [5.41, 5.74) is 2.15. The van der Waals surface area contributed by atoms with Crippen LogP contribution in [0.1, 0.15) is 37.9 Å². The Bertz CT molecular complexity index is 709. The Kier molecular flexibility index (Phi) is 7.45. The lowest BCUT2D eigenvalue weighted by molar-refractivity contribution is -0.141. The van der Waals surface area contributed by atoms with E-state index >= 15 is 0 Å². The number of aryl methyl sites for hydroxylation is 1. The van der Waals surface area contributed by atoms with Crippen molar-refractivity contribution in [3.05, 3.63) is 59.9 Å². The Morgan fingerprint density at radius 3 is 2.23 bits per heavy atom. The number of hydrogen-bond donors (Lipinski definition) is 0. The Labute approximate surface area is 156 Å². The number of nitrogens with zero attached hydrogens (tertiary/aromatic N) is 3. The summed E-state index contributed by atoms with van der Waals surface area (Å²) in [6, 6.07) is 14.0. The topological polar surface area (TPSA) is 45.6 Å². The summed E-state index contributed by atoms with van der Waals surface area (Å²) in [6.07, 6.45) is 3.24. The first kappa shape index (κ1) is 19.8. The molecule has 0 fully saturated rings. The van der Waals surface area contributed by atoms with Gasteiger partial charge >= 0.3 is 0 Å². The van der Waals surface area contributed by atoms with Crippen LogP contribution in [0, 0.1) is 0 Å². The van der Waals surface area contributed by atoms with Crippen molar-refractivity contribution >= 4 is 11.8 Å². The third-order valence-electron chi connectivity index (χ3n) is 4.45. The van der Waals surface area contributed by atoms with Gasteiger partial charge in [0.1, 0.15) is 0 Å². The molecule has 1 aromatic carbocycles. The second-order valence-electron chi connectivity index (χ2n) is 6.51. The van der Waals surface area contributed by atoms with Crippen LogP contribution in [0.2, 0.25) is 0 Å². The van der Waals surface area contributed by atoms with E-state index in [1.54, 1.807) is 4.90 Å². The van der Waals surface area contributed by atoms with Gasteiger partial charge in [-0.1, -0.05) is 44.2 Å². The lowest BCUT2D eigenvalue weighted by atomic mass is 10.2. The molecular formula is C21H29N3O2. The van der Waals surface area contributed by atoms with Crippen LogP contribution in [0.3, 0.4) is 0 Å². The summed E-state index contributed by atoms with van der Waals surface area (Å²) < 4.78 is 2.02. The van der Waals surface area contributed by atoms with Gasteiger partial charge in [-0.05, 0) is 24.1 Å². The second kappa shape index (κ2) is 9.80. The highest BCUT2D eigenvalue weighted by atomic mass is 16.2. The van der Waals surface area contributed by atoms with E-state index in [-0.39, 0.29) is 18.4 Å². The van der Waals surface area contributed by atoms with E-state index in [2.05, 4.69) is 0 Å². The van der Waals surface area contributed by atoms with Gasteiger partial charge in [-0.2, -0.15) is 0 Å². The van der Waals surface area contributed by atoms with Gasteiger partial charge in [0, 0.05) is 38.4 Å². The fourth-order valence-corrected chi connectivity index (χ4v) is 2.94. The predicted octanol–water partition coefficient (Wildman–Crippen LogP) is 3.20. The molecule has 1 aromatic heterocycles. The highest BCUT2D eigenvalue weighted by Gasteiger charge is 2.21. The number of amides is 2. The average molecular weight is 355 g/mol. The third kappa shape index (κ3) is 5.48. The number of carbonyl (C=O) groups is 2. The van der Waals surface area contributed by atoms with Crippen molar-refractivity contribution in [1.29, 1.82) is 0 Å². The van der Waals surface area contributed by atoms with Crippen molar-refractivity contribution in [2.24, 2.45) is 7.05 Å². The fraction of sp³-hybridized carbons (Fsp3) is 0.429. The van der Waals surface area contributed by atoms with Gasteiger partial charge in [-0.3, -0.25) is 9.59 Å². The molecule has 0 saturated heterocycles. The zero-order chi connectivity index (χ0) is 18.9. The van der Waals surface area contributed by atoms with Crippen LogP contribution >= 0.6 is 0 Å². The lowest BCUT2D eigenvalue weighted by Gasteiger charge is -2.28. The molecular weight excluding hydrogens is 326 g/mol. The maximum absolute atomic E-state index is 13.0. The maximum Gasteiger partial charge on any atom is 0.242 e. The standard InChI is InChI=1S/C21H29N3O2/c1-4-13-23(20(25)5-2)17-21(26)24(15-18-10-7-6-8-11-18)16-19-12-9-14-22(19)3/h6-12,14H,4-5,13,15-17H2,1-3H3. The largest absolute Gasteiger partial charge is 0.353 e. The van der Waals surface area contributed by atoms with Gasteiger partial charge in [0.15, 0.2) is 0 Å². The highest BCUT2D eigenvalue weighted by Crippen LogP contribution is 2.12. The summed E-state index contributed by atoms with van der Waals surface area (Å²) in [7, 11) is 1.98. The number of carbonyl (C=O) groups excluding carboxylic acids is 2. The monoisotopic (exact) mass is 355 g/mol. The summed E-state index contributed by atoms with van der Waals surface area (Å²) in [5.74, 6) is 0.00373. The van der Waals surface area contributed by atoms with Crippen LogP contribution in [0.4, 0.5) is 0 Å². The summed E-state index contributed by atoms with van der Waals surface area (Å²) >= 11 is 0. The molecule has 140 valence electrons. The summed E-state index contributed by atoms with van der Waals surface area (Å²) in [6.45, 7) is 5.66. The van der Waals surface area contributed by atoms with Crippen molar-refractivity contribution in [3.63, 3.8) is 0 Å². The average Bonchev–Trinajstić information content (AvgIpc) is 3.05. The minimum absolute atomic E-state index is 0.0229. The van der Waals surface area contributed by atoms with Gasteiger partial charge in [-0.15, -0.1) is 0 Å². The lowest BCUT2D eigenvalue weighted by Crippen LogP contribution is -2.42. The molecule has 0 spiro atoms. The molecule has 5 heteroatoms. The molecule has 26 heavy (non-hydrogen) atoms. The van der Waals surface area contributed by atoms with Crippen LogP contribution < -0.4 is 0 Å². The number of aromatic nitrogens is 1. The predicted molar refractivity (Wildman–Crippen MR) is 103 cm³/mol. The molecule has 2 amide bonds. The molecule has 0 bridgehead atoms. The molecule has 1 heterocycles. The molecule has 2 aromatic rings. The smallest absolute Gasteiger partial charge is 0.242 e. The summed E-state index contributed by atoms with van der Waals surface area (Å²) in [5, 5.41) is 0. The zero-order valence-corrected chi connectivity index (χ0v) is 16.0. The molecule has 5 nitrogen and oxygen atoms in total. The number of hydrogen-bond acceptors (Lipinski definition) is 2. The van der Waals surface area contributed by atoms with E-state index in [9.17, 15) is 9.59 Å². The van der Waals surface area contributed by atoms with Crippen molar-refractivity contribution in [2.45, 2.75) is 39.8 Å². The van der Waals surface area contributed by atoms with E-state index in [1.165, 1.54) is 0 Å². The van der Waals surface area contributed by atoms with Gasteiger partial charge in [0.2, 0.25) is 11.8 Å². The first-order valence-electron chi connectivity index (χ1n) is 9.24. The molecule has 0 saturated carbocycles. The fourth-order valence-electron chi connectivity index (χ4n) is 2.94. The molecule has 0 aliphatic carbocycles. The molecule has 0 atom stereocenters. The van der Waals surface area contributed by atoms with Crippen molar-refractivity contribution in [1.82, 2.24) is 14.4 Å². The molecule has 0 radical (unpaired) electrons. The Morgan fingerprint density at radius 2 is 1.65 bits per heavy atom. The summed E-state index contributed by atoms with van der Waals surface area (Å²) in [4.78, 5) is 28.7. The van der Waals surface area contributed by atoms with Gasteiger partial charge < -0.3 is 14.4 Å². The van der Waals surface area contributed by atoms with E-state index in [0.29, 0.717) is 26.1 Å². The molecule has 0 unspecified atom stereocenters. The van der Waals surface area contributed by atoms with Gasteiger partial charge in [-0.25, -0.2) is 0 Å². The van der Waals surface area contributed by atoms with Gasteiger partial charge in [0.25, 0.3) is 0 Å². The van der Waals surface area contributed by atoms with Crippen molar-refractivity contribution < 1.29 is 9.59 Å². The maximum atomic E-state index is 13.0.